The van der Waals surface area contributed by atoms with E-state index in [1.807, 2.05) is 0 Å². The van der Waals surface area contributed by atoms with Gasteiger partial charge in [-0.1, -0.05) is 12.1 Å². The Morgan fingerprint density at radius 3 is 2.58 bits per heavy atom. The van der Waals surface area contributed by atoms with Crippen molar-refractivity contribution in [1.82, 2.24) is 14.6 Å². The maximum Gasteiger partial charge on any atom is 0.335 e. The van der Waals surface area contributed by atoms with Gasteiger partial charge in [0, 0.05) is 13.1 Å². The Morgan fingerprint density at radius 1 is 1.17 bits per heavy atom. The highest BCUT2D eigenvalue weighted by atomic mass is 19.1. The molecule has 8 heteroatoms. The summed E-state index contributed by atoms with van der Waals surface area (Å²) in [5.41, 5.74) is -2.03. The average Bonchev–Trinajstić information content (AvgIpc) is 2.57. The molecule has 126 valence electrons. The molecular formula is C16H17FN4O3. The minimum atomic E-state index is -0.919. The van der Waals surface area contributed by atoms with Gasteiger partial charge in [0.05, 0.1) is 11.9 Å². The van der Waals surface area contributed by atoms with Crippen molar-refractivity contribution in [2.45, 2.75) is 19.3 Å². The minimum absolute atomic E-state index is 0.149. The van der Waals surface area contributed by atoms with E-state index in [4.69, 9.17) is 0 Å². The lowest BCUT2D eigenvalue weighted by molar-refractivity contribution is 0.240. The number of halogens is 1. The van der Waals surface area contributed by atoms with Crippen LogP contribution in [0.1, 0.15) is 24.8 Å². The van der Waals surface area contributed by atoms with Gasteiger partial charge in [0.2, 0.25) is 5.88 Å². The van der Waals surface area contributed by atoms with Crippen LogP contribution in [0.25, 0.3) is 5.69 Å². The zero-order chi connectivity index (χ0) is 17.1. The molecule has 7 nitrogen and oxygen atoms in total. The van der Waals surface area contributed by atoms with E-state index >= 15 is 0 Å². The van der Waals surface area contributed by atoms with E-state index in [0.717, 1.165) is 38.4 Å². The van der Waals surface area contributed by atoms with Gasteiger partial charge in [-0.05, 0) is 31.4 Å². The Kier molecular flexibility index (Phi) is 4.45. The van der Waals surface area contributed by atoms with Gasteiger partial charge in [0.1, 0.15) is 11.4 Å². The number of nitrogens with one attached hydrogen (secondary N) is 1. The first kappa shape index (κ1) is 16.0. The monoisotopic (exact) mass is 332 g/mol. The number of nitrogens with zero attached hydrogens (tertiary/aromatic N) is 3. The first-order valence-corrected chi connectivity index (χ1v) is 7.70. The molecule has 1 aliphatic rings. The summed E-state index contributed by atoms with van der Waals surface area (Å²) >= 11 is 0. The van der Waals surface area contributed by atoms with Crippen LogP contribution in [0, 0.1) is 5.82 Å². The number of piperidine rings is 1. The summed E-state index contributed by atoms with van der Waals surface area (Å²) in [6, 6.07) is 5.48. The summed E-state index contributed by atoms with van der Waals surface area (Å²) in [6.45, 7) is 1.53. The van der Waals surface area contributed by atoms with Crippen molar-refractivity contribution < 1.29 is 9.50 Å². The van der Waals surface area contributed by atoms with E-state index in [0.29, 0.717) is 4.57 Å². The Morgan fingerprint density at radius 2 is 1.88 bits per heavy atom. The molecule has 24 heavy (non-hydrogen) atoms. The SMILES string of the molecule is O=c1[nH]c(=O)n(-c2ccccc2F)c(O)c1C=NN1CCCCC1. The summed E-state index contributed by atoms with van der Waals surface area (Å²) in [7, 11) is 0. The molecule has 0 unspecified atom stereocenters. The Hall–Kier alpha value is -2.90. The lowest BCUT2D eigenvalue weighted by Crippen LogP contribution is -2.32. The van der Waals surface area contributed by atoms with Gasteiger partial charge in [-0.2, -0.15) is 5.10 Å². The van der Waals surface area contributed by atoms with Gasteiger partial charge in [0.15, 0.2) is 0 Å². The molecular weight excluding hydrogens is 315 g/mol. The van der Waals surface area contributed by atoms with Gasteiger partial charge in [0.25, 0.3) is 5.56 Å². The number of aromatic hydroxyl groups is 1. The topological polar surface area (TPSA) is 90.7 Å². The number of hydrazone groups is 1. The number of hydrogen-bond acceptors (Lipinski definition) is 5. The van der Waals surface area contributed by atoms with E-state index in [2.05, 4.69) is 10.1 Å². The number of aromatic amines is 1. The predicted octanol–water partition coefficient (Wildman–Crippen LogP) is 1.19. The number of rotatable bonds is 3. The van der Waals surface area contributed by atoms with Crippen LogP contribution in [0.2, 0.25) is 0 Å². The first-order valence-electron chi connectivity index (χ1n) is 7.70. The summed E-state index contributed by atoms with van der Waals surface area (Å²) in [4.78, 5) is 26.0. The molecule has 0 atom stereocenters. The van der Waals surface area contributed by atoms with Gasteiger partial charge in [-0.15, -0.1) is 0 Å². The van der Waals surface area contributed by atoms with Gasteiger partial charge < -0.3 is 5.11 Å². The molecule has 2 aromatic rings. The van der Waals surface area contributed by atoms with Crippen molar-refractivity contribution in [2.75, 3.05) is 13.1 Å². The molecule has 0 aliphatic carbocycles. The fraction of sp³-hybridized carbons (Fsp3) is 0.312. The Labute approximate surface area is 136 Å². The highest BCUT2D eigenvalue weighted by molar-refractivity contribution is 5.82. The zero-order valence-electron chi connectivity index (χ0n) is 12.9. The Balaban J connectivity index is 2.06. The summed E-state index contributed by atoms with van der Waals surface area (Å²) in [5.74, 6) is -1.34. The van der Waals surface area contributed by atoms with Crippen molar-refractivity contribution in [3.8, 4) is 11.6 Å². The summed E-state index contributed by atoms with van der Waals surface area (Å²) in [5, 5.41) is 16.3. The van der Waals surface area contributed by atoms with E-state index in [1.54, 1.807) is 5.01 Å². The fourth-order valence-corrected chi connectivity index (χ4v) is 2.64. The van der Waals surface area contributed by atoms with Gasteiger partial charge in [-0.3, -0.25) is 14.8 Å². The smallest absolute Gasteiger partial charge is 0.335 e. The van der Waals surface area contributed by atoms with Crippen LogP contribution < -0.4 is 11.2 Å². The largest absolute Gasteiger partial charge is 0.493 e. The number of benzene rings is 1. The van der Waals surface area contributed by atoms with E-state index < -0.39 is 22.9 Å². The third-order valence-corrected chi connectivity index (χ3v) is 3.90. The van der Waals surface area contributed by atoms with Crippen molar-refractivity contribution in [3.63, 3.8) is 0 Å². The molecule has 2 heterocycles. The molecule has 0 radical (unpaired) electrons. The van der Waals surface area contributed by atoms with Crippen molar-refractivity contribution >= 4 is 6.21 Å². The van der Waals surface area contributed by atoms with E-state index in [1.165, 1.54) is 24.4 Å². The zero-order valence-corrected chi connectivity index (χ0v) is 12.9. The van der Waals surface area contributed by atoms with Crippen LogP contribution in [0.4, 0.5) is 4.39 Å². The third-order valence-electron chi connectivity index (χ3n) is 3.90. The van der Waals surface area contributed by atoms with Crippen LogP contribution in [0.3, 0.4) is 0 Å². The minimum Gasteiger partial charge on any atom is -0.493 e. The molecule has 0 saturated carbocycles. The molecule has 1 aromatic carbocycles. The van der Waals surface area contributed by atoms with Crippen LogP contribution in [-0.4, -0.2) is 39.0 Å². The van der Waals surface area contributed by atoms with Crippen LogP contribution in [0.15, 0.2) is 39.0 Å². The predicted molar refractivity (Wildman–Crippen MR) is 87.3 cm³/mol. The second kappa shape index (κ2) is 6.69. The molecule has 0 bridgehead atoms. The lowest BCUT2D eigenvalue weighted by atomic mass is 10.2. The molecule has 2 N–H and O–H groups in total. The van der Waals surface area contributed by atoms with Crippen LogP contribution in [-0.2, 0) is 0 Å². The number of aromatic nitrogens is 2. The molecule has 1 fully saturated rings. The van der Waals surface area contributed by atoms with E-state index in [-0.39, 0.29) is 11.3 Å². The maximum atomic E-state index is 13.9. The second-order valence-corrected chi connectivity index (χ2v) is 5.54. The highest BCUT2D eigenvalue weighted by Crippen LogP contribution is 2.18. The quantitative estimate of drug-likeness (QED) is 0.826. The number of hydrogen-bond donors (Lipinski definition) is 2. The maximum absolute atomic E-state index is 13.9. The molecule has 3 rings (SSSR count). The van der Waals surface area contributed by atoms with Crippen LogP contribution >= 0.6 is 0 Å². The number of H-pyrrole nitrogens is 1. The summed E-state index contributed by atoms with van der Waals surface area (Å²) in [6.07, 6.45) is 4.36. The Bertz CT molecular complexity index is 882. The van der Waals surface area contributed by atoms with Crippen molar-refractivity contribution in [2.24, 2.45) is 5.10 Å². The van der Waals surface area contributed by atoms with Crippen molar-refractivity contribution in [1.29, 1.82) is 0 Å². The van der Waals surface area contributed by atoms with E-state index in [9.17, 15) is 19.1 Å². The molecule has 1 aromatic heterocycles. The van der Waals surface area contributed by atoms with Gasteiger partial charge >= 0.3 is 5.69 Å². The average molecular weight is 332 g/mol. The number of para-hydroxylation sites is 1. The molecule has 0 amide bonds. The fourth-order valence-electron chi connectivity index (χ4n) is 2.64. The second-order valence-electron chi connectivity index (χ2n) is 5.54. The molecule has 1 aliphatic heterocycles. The standard InChI is InChI=1S/C16H17FN4O3/c17-12-6-2-3-7-13(12)21-15(23)11(14(22)19-16(21)24)10-18-20-8-4-1-5-9-20/h2-3,6-7,10,23H,1,4-5,8-9H2,(H,19,22,24). The lowest BCUT2D eigenvalue weighted by Gasteiger charge is -2.23. The normalized spacial score (nSPS) is 15.1. The van der Waals surface area contributed by atoms with Crippen LogP contribution in [0.5, 0.6) is 5.88 Å². The van der Waals surface area contributed by atoms with Crippen molar-refractivity contribution in [3.05, 3.63) is 56.5 Å². The molecule has 0 spiro atoms. The van der Waals surface area contributed by atoms with Gasteiger partial charge in [-0.25, -0.2) is 13.8 Å². The first-order chi connectivity index (χ1) is 11.6. The molecule has 1 saturated heterocycles. The highest BCUT2D eigenvalue weighted by Gasteiger charge is 2.17. The third kappa shape index (κ3) is 3.08. The summed E-state index contributed by atoms with van der Waals surface area (Å²) < 4.78 is 14.7.